The number of rotatable bonds is 15. The second-order valence-electron chi connectivity index (χ2n) is 18.0. The van der Waals surface area contributed by atoms with Gasteiger partial charge >= 0.3 is 6.09 Å². The second-order valence-corrected chi connectivity index (χ2v) is 18.0. The topological polar surface area (TPSA) is 189 Å². The highest BCUT2D eigenvalue weighted by Gasteiger charge is 2.58. The first-order chi connectivity index (χ1) is 26.3. The number of likely N-dealkylation sites (N-methyl/N-ethyl adjacent to an activating group) is 1. The predicted octanol–water partition coefficient (Wildman–Crippen LogP) is 3.76. The first kappa shape index (κ1) is 42.8. The normalized spacial score (nSPS) is 24.8. The van der Waals surface area contributed by atoms with Gasteiger partial charge in [0, 0.05) is 25.9 Å². The molecule has 0 bridgehead atoms. The molecule has 0 spiro atoms. The summed E-state index contributed by atoms with van der Waals surface area (Å²) in [5.74, 6) is -5.66. The summed E-state index contributed by atoms with van der Waals surface area (Å²) < 4.78 is 11.9. The number of amides is 5. The molecule has 56 heavy (non-hydrogen) atoms. The molecular formula is C42H61N5O9. The Kier molecular flexibility index (Phi) is 13.6. The van der Waals surface area contributed by atoms with Crippen molar-refractivity contribution in [3.63, 3.8) is 0 Å². The maximum absolute atomic E-state index is 14.7. The van der Waals surface area contributed by atoms with Gasteiger partial charge in [-0.15, -0.1) is 0 Å². The van der Waals surface area contributed by atoms with Crippen LogP contribution in [0, 0.1) is 29.6 Å². The van der Waals surface area contributed by atoms with Crippen LogP contribution in [0.15, 0.2) is 30.3 Å². The van der Waals surface area contributed by atoms with Crippen LogP contribution in [0.5, 0.6) is 0 Å². The fourth-order valence-corrected chi connectivity index (χ4v) is 8.74. The van der Waals surface area contributed by atoms with Gasteiger partial charge in [-0.3, -0.25) is 28.8 Å². The number of alkyl carbamates (subject to hydrolysis) is 1. The zero-order valence-corrected chi connectivity index (χ0v) is 34.0. The maximum atomic E-state index is 14.7. The van der Waals surface area contributed by atoms with E-state index in [0.717, 1.165) is 44.9 Å². The van der Waals surface area contributed by atoms with E-state index in [-0.39, 0.29) is 42.0 Å². The van der Waals surface area contributed by atoms with E-state index < -0.39 is 77.3 Å². The van der Waals surface area contributed by atoms with E-state index in [4.69, 9.17) is 9.47 Å². The number of carbonyl (C=O) groups excluding carboxylic acids is 7. The number of benzene rings is 1. The van der Waals surface area contributed by atoms with Gasteiger partial charge in [0.15, 0.2) is 5.78 Å². The highest BCUT2D eigenvalue weighted by molar-refractivity contribution is 6.38. The molecule has 1 saturated heterocycles. The number of nitrogens with zero attached hydrogens (tertiary/aromatic N) is 1. The van der Waals surface area contributed by atoms with E-state index >= 15 is 0 Å². The molecule has 308 valence electrons. The van der Waals surface area contributed by atoms with Crippen LogP contribution in [0.25, 0.3) is 0 Å². The Morgan fingerprint density at radius 1 is 0.911 bits per heavy atom. The summed E-state index contributed by atoms with van der Waals surface area (Å²) in [5, 5.41) is 10.8. The van der Waals surface area contributed by atoms with E-state index in [0.29, 0.717) is 18.4 Å². The number of hydrogen-bond acceptors (Lipinski definition) is 9. The van der Waals surface area contributed by atoms with Gasteiger partial charge in [-0.25, -0.2) is 4.79 Å². The fourth-order valence-electron chi connectivity index (χ4n) is 8.74. The molecule has 1 aromatic rings. The molecule has 2 unspecified atom stereocenters. The first-order valence-electron chi connectivity index (χ1n) is 20.2. The van der Waals surface area contributed by atoms with Crippen LogP contribution in [0.1, 0.15) is 110 Å². The summed E-state index contributed by atoms with van der Waals surface area (Å²) in [7, 11) is 3.14. The van der Waals surface area contributed by atoms with Crippen molar-refractivity contribution in [1.29, 1.82) is 0 Å². The molecule has 1 heterocycles. The van der Waals surface area contributed by atoms with Gasteiger partial charge in [0.2, 0.25) is 23.5 Å². The number of ether oxygens (including phenoxy) is 2. The van der Waals surface area contributed by atoms with Gasteiger partial charge in [0.25, 0.3) is 5.91 Å². The van der Waals surface area contributed by atoms with E-state index in [9.17, 15) is 33.6 Å². The molecule has 4 fully saturated rings. The number of ketones is 2. The zero-order valence-electron chi connectivity index (χ0n) is 34.0. The molecule has 5 rings (SSSR count). The number of nitrogens with one attached hydrogen (secondary N) is 4. The predicted molar refractivity (Wildman–Crippen MR) is 207 cm³/mol. The Morgan fingerprint density at radius 3 is 2.18 bits per heavy atom. The Morgan fingerprint density at radius 2 is 1.57 bits per heavy atom. The van der Waals surface area contributed by atoms with Crippen molar-refractivity contribution in [2.45, 2.75) is 134 Å². The van der Waals surface area contributed by atoms with Crippen LogP contribution in [-0.4, -0.2) is 96.2 Å². The lowest BCUT2D eigenvalue weighted by molar-refractivity contribution is -0.142. The van der Waals surface area contributed by atoms with E-state index in [1.54, 1.807) is 65.2 Å². The van der Waals surface area contributed by atoms with Crippen molar-refractivity contribution >= 4 is 41.3 Å². The minimum Gasteiger partial charge on any atom is -0.444 e. The maximum Gasteiger partial charge on any atom is 0.408 e. The van der Waals surface area contributed by atoms with Crippen LogP contribution >= 0.6 is 0 Å². The van der Waals surface area contributed by atoms with Crippen LogP contribution < -0.4 is 21.3 Å². The van der Waals surface area contributed by atoms with Gasteiger partial charge < -0.3 is 35.6 Å². The third-order valence-electron chi connectivity index (χ3n) is 11.5. The highest BCUT2D eigenvalue weighted by Crippen LogP contribution is 2.51. The molecule has 3 aliphatic carbocycles. The lowest BCUT2D eigenvalue weighted by Crippen LogP contribution is -2.54. The summed E-state index contributed by atoms with van der Waals surface area (Å²) in [6.07, 6.45) is 6.11. The monoisotopic (exact) mass is 779 g/mol. The lowest BCUT2D eigenvalue weighted by atomic mass is 9.75. The Hall–Kier alpha value is -4.33. The average Bonchev–Trinajstić information content (AvgIpc) is 3.82. The van der Waals surface area contributed by atoms with Crippen LogP contribution in [0.3, 0.4) is 0 Å². The molecule has 3 saturated carbocycles. The third-order valence-corrected chi connectivity index (χ3v) is 11.5. The summed E-state index contributed by atoms with van der Waals surface area (Å²) in [6.45, 7) is 8.60. The Labute approximate surface area is 330 Å². The van der Waals surface area contributed by atoms with Gasteiger partial charge in [-0.05, 0) is 84.1 Å². The van der Waals surface area contributed by atoms with Crippen molar-refractivity contribution in [2.75, 3.05) is 20.6 Å². The number of carbonyl (C=O) groups is 7. The molecule has 1 aliphatic heterocycles. The van der Waals surface area contributed by atoms with E-state index in [1.165, 1.54) is 4.90 Å². The quantitative estimate of drug-likeness (QED) is 0.192. The fraction of sp³-hybridized carbons (Fsp3) is 0.690. The summed E-state index contributed by atoms with van der Waals surface area (Å²) in [5.41, 5.74) is -0.743. The average molecular weight is 780 g/mol. The lowest BCUT2D eigenvalue weighted by Gasteiger charge is -2.34. The van der Waals surface area contributed by atoms with Gasteiger partial charge in [-0.1, -0.05) is 62.4 Å². The Bertz CT molecular complexity index is 1630. The first-order valence-corrected chi connectivity index (χ1v) is 20.2. The summed E-state index contributed by atoms with van der Waals surface area (Å²) in [6, 6.07) is 5.65. The smallest absolute Gasteiger partial charge is 0.408 e. The Balaban J connectivity index is 1.31. The number of fused-ring (bicyclic) bond motifs is 1. The molecule has 0 radical (unpaired) electrons. The molecule has 5 amide bonds. The largest absolute Gasteiger partial charge is 0.444 e. The van der Waals surface area contributed by atoms with E-state index in [2.05, 4.69) is 21.3 Å². The minimum atomic E-state index is -1.18. The van der Waals surface area contributed by atoms with Crippen LogP contribution in [-0.2, 0) is 38.2 Å². The summed E-state index contributed by atoms with van der Waals surface area (Å²) >= 11 is 0. The molecular weight excluding hydrogens is 718 g/mol. The van der Waals surface area contributed by atoms with Crippen molar-refractivity contribution in [1.82, 2.24) is 26.2 Å². The van der Waals surface area contributed by atoms with Gasteiger partial charge in [0.05, 0.1) is 36.3 Å². The van der Waals surface area contributed by atoms with Crippen molar-refractivity contribution in [3.8, 4) is 0 Å². The molecule has 14 heteroatoms. The molecule has 1 aromatic carbocycles. The van der Waals surface area contributed by atoms with Crippen LogP contribution in [0.2, 0.25) is 0 Å². The minimum absolute atomic E-state index is 0.112. The van der Waals surface area contributed by atoms with Crippen molar-refractivity contribution in [2.24, 2.45) is 29.6 Å². The summed E-state index contributed by atoms with van der Waals surface area (Å²) in [4.78, 5) is 96.5. The second kappa shape index (κ2) is 17.9. The molecule has 0 aromatic heterocycles. The van der Waals surface area contributed by atoms with Gasteiger partial charge in [-0.2, -0.15) is 0 Å². The zero-order chi connectivity index (χ0) is 40.9. The number of Topliss-reactive ketones (excluding diaryl/α,β-unsaturated/α-hetero) is 2. The number of hydrogen-bond donors (Lipinski definition) is 4. The standard InChI is InChI=1S/C42H61N5O9/c1-41(2,3)56-40(54)46-33(25-14-10-8-11-15-25)35(49)27-21-30-28(22-42(4,5)55-30)32(27)37(51)44-29(20-24-18-19-24)36(50)38(52)43-23-31(48)45-34(39(53)47(6)7)26-16-12-9-13-17-26/h9,12-13,16-17,24-25,27-30,32-34H,8,10-11,14-15,18-23H2,1-7H3,(H,43,52)(H,44,51)(H,45,48)(H,46,54)/t27?,28-,29?,30-,32-,33-,34-/m0/s1. The van der Waals surface area contributed by atoms with Crippen molar-refractivity contribution < 1.29 is 43.0 Å². The third kappa shape index (κ3) is 11.2. The molecule has 4 aliphatic rings. The van der Waals surface area contributed by atoms with Crippen molar-refractivity contribution in [3.05, 3.63) is 35.9 Å². The van der Waals surface area contributed by atoms with Gasteiger partial charge in [0.1, 0.15) is 11.6 Å². The molecule has 14 nitrogen and oxygen atoms in total. The molecule has 4 N–H and O–H groups in total. The molecule has 7 atom stereocenters. The highest BCUT2D eigenvalue weighted by atomic mass is 16.6. The SMILES string of the molecule is CN(C)C(=O)[C@@H](NC(=O)CNC(=O)C(=O)C(CC1CC1)NC(=O)[C@H]1C(C(=O)[C@@H](NC(=O)OC(C)(C)C)C2CCCCC2)C[C@@H]2OC(C)(C)C[C@@H]21)c1ccccc1. The van der Waals surface area contributed by atoms with E-state index in [1.807, 2.05) is 13.8 Å². The van der Waals surface area contributed by atoms with Crippen LogP contribution in [0.4, 0.5) is 4.79 Å².